The Hall–Kier alpha value is -0.680. The summed E-state index contributed by atoms with van der Waals surface area (Å²) in [4.78, 5) is 16.4. The standard InChI is InChI=1S/C14H19ClN2O2S/c1-19-14(18)10-2-3-11-12(15)16-13(17(11)8-10)9-4-6-20-7-5-9/h9-10H,2-8H2,1H3. The van der Waals surface area contributed by atoms with Crippen molar-refractivity contribution in [3.63, 3.8) is 0 Å². The maximum absolute atomic E-state index is 11.8. The normalized spacial score (nSPS) is 23.4. The van der Waals surface area contributed by atoms with Crippen molar-refractivity contribution in [1.29, 1.82) is 0 Å². The van der Waals surface area contributed by atoms with Crippen molar-refractivity contribution in [2.45, 2.75) is 38.1 Å². The van der Waals surface area contributed by atoms with Gasteiger partial charge in [0.1, 0.15) is 5.82 Å². The first-order valence-electron chi connectivity index (χ1n) is 7.11. The monoisotopic (exact) mass is 314 g/mol. The van der Waals surface area contributed by atoms with Gasteiger partial charge in [-0.1, -0.05) is 11.6 Å². The molecule has 1 unspecified atom stereocenters. The molecule has 1 aromatic heterocycles. The SMILES string of the molecule is COC(=O)C1CCc2c(Cl)nc(C3CCSCC3)n2C1. The maximum atomic E-state index is 11.8. The molecule has 0 saturated carbocycles. The van der Waals surface area contributed by atoms with Gasteiger partial charge in [-0.05, 0) is 37.2 Å². The van der Waals surface area contributed by atoms with Gasteiger partial charge in [-0.25, -0.2) is 4.98 Å². The molecule has 0 N–H and O–H groups in total. The van der Waals surface area contributed by atoms with Crippen LogP contribution in [0.4, 0.5) is 0 Å². The van der Waals surface area contributed by atoms with Gasteiger partial charge in [-0.3, -0.25) is 4.79 Å². The maximum Gasteiger partial charge on any atom is 0.310 e. The zero-order valence-corrected chi connectivity index (χ0v) is 13.2. The summed E-state index contributed by atoms with van der Waals surface area (Å²) in [5.74, 6) is 3.76. The van der Waals surface area contributed by atoms with Gasteiger partial charge in [0.2, 0.25) is 0 Å². The molecule has 0 amide bonds. The number of carbonyl (C=O) groups is 1. The zero-order valence-electron chi connectivity index (χ0n) is 11.6. The Morgan fingerprint density at radius 2 is 2.15 bits per heavy atom. The van der Waals surface area contributed by atoms with Crippen LogP contribution in [0, 0.1) is 5.92 Å². The van der Waals surface area contributed by atoms with Gasteiger partial charge in [0.05, 0.1) is 18.7 Å². The highest BCUT2D eigenvalue weighted by Gasteiger charge is 2.32. The molecule has 0 bridgehead atoms. The molecule has 0 aromatic carbocycles. The first-order valence-corrected chi connectivity index (χ1v) is 8.64. The Balaban J connectivity index is 1.88. The lowest BCUT2D eigenvalue weighted by molar-refractivity contribution is -0.146. The molecule has 3 heterocycles. The fraction of sp³-hybridized carbons (Fsp3) is 0.714. The second-order valence-corrected chi connectivity index (χ2v) is 7.05. The second-order valence-electron chi connectivity index (χ2n) is 5.46. The van der Waals surface area contributed by atoms with E-state index in [9.17, 15) is 4.79 Å². The predicted octanol–water partition coefficient (Wildman–Crippen LogP) is 2.88. The molecule has 0 spiro atoms. The van der Waals surface area contributed by atoms with E-state index in [0.29, 0.717) is 17.6 Å². The molecular formula is C14H19ClN2O2S. The number of hydrogen-bond acceptors (Lipinski definition) is 4. The third kappa shape index (κ3) is 2.58. The van der Waals surface area contributed by atoms with E-state index in [4.69, 9.17) is 16.3 Å². The smallest absolute Gasteiger partial charge is 0.310 e. The summed E-state index contributed by atoms with van der Waals surface area (Å²) in [5, 5.41) is 0.626. The van der Waals surface area contributed by atoms with Crippen molar-refractivity contribution in [2.75, 3.05) is 18.6 Å². The highest BCUT2D eigenvalue weighted by molar-refractivity contribution is 7.99. The van der Waals surface area contributed by atoms with Crippen LogP contribution in [0.1, 0.15) is 36.7 Å². The molecule has 20 heavy (non-hydrogen) atoms. The number of hydrogen-bond donors (Lipinski definition) is 0. The molecule has 2 aliphatic rings. The third-order valence-electron chi connectivity index (χ3n) is 4.31. The van der Waals surface area contributed by atoms with E-state index in [0.717, 1.165) is 37.2 Å². The molecule has 0 aliphatic carbocycles. The van der Waals surface area contributed by atoms with E-state index in [-0.39, 0.29) is 11.9 Å². The Labute approximate surface area is 128 Å². The van der Waals surface area contributed by atoms with Crippen molar-refractivity contribution in [3.05, 3.63) is 16.7 Å². The largest absolute Gasteiger partial charge is 0.469 e. The van der Waals surface area contributed by atoms with E-state index in [1.54, 1.807) is 0 Å². The summed E-state index contributed by atoms with van der Waals surface area (Å²) in [6.07, 6.45) is 3.92. The van der Waals surface area contributed by atoms with Crippen LogP contribution in [-0.2, 0) is 22.5 Å². The molecule has 1 fully saturated rings. The van der Waals surface area contributed by atoms with Gasteiger partial charge >= 0.3 is 5.97 Å². The minimum absolute atomic E-state index is 0.0607. The quantitative estimate of drug-likeness (QED) is 0.787. The number of methoxy groups -OCH3 is 1. The number of aromatic nitrogens is 2. The van der Waals surface area contributed by atoms with Gasteiger partial charge in [0, 0.05) is 12.5 Å². The Kier molecular flexibility index (Phi) is 4.26. The highest BCUT2D eigenvalue weighted by Crippen LogP contribution is 2.36. The second kappa shape index (κ2) is 5.98. The average molecular weight is 315 g/mol. The Bertz CT molecular complexity index is 512. The van der Waals surface area contributed by atoms with Crippen molar-refractivity contribution in [3.8, 4) is 0 Å². The summed E-state index contributed by atoms with van der Waals surface area (Å²) in [6.45, 7) is 0.667. The van der Waals surface area contributed by atoms with Crippen LogP contribution in [0.3, 0.4) is 0 Å². The highest BCUT2D eigenvalue weighted by atomic mass is 35.5. The molecular weight excluding hydrogens is 296 g/mol. The fourth-order valence-electron chi connectivity index (χ4n) is 3.17. The van der Waals surface area contributed by atoms with Gasteiger partial charge in [0.15, 0.2) is 5.15 Å². The third-order valence-corrected chi connectivity index (χ3v) is 5.66. The molecule has 4 nitrogen and oxygen atoms in total. The van der Waals surface area contributed by atoms with Crippen molar-refractivity contribution < 1.29 is 9.53 Å². The van der Waals surface area contributed by atoms with E-state index < -0.39 is 0 Å². The number of thioether (sulfide) groups is 1. The summed E-state index contributed by atoms with van der Waals surface area (Å²) in [5.41, 5.74) is 1.10. The number of imidazole rings is 1. The lowest BCUT2D eigenvalue weighted by Crippen LogP contribution is -2.29. The molecule has 1 atom stereocenters. The van der Waals surface area contributed by atoms with Crippen LogP contribution in [0.5, 0.6) is 0 Å². The van der Waals surface area contributed by atoms with E-state index in [2.05, 4.69) is 9.55 Å². The van der Waals surface area contributed by atoms with Gasteiger partial charge in [-0.15, -0.1) is 0 Å². The average Bonchev–Trinajstić information content (AvgIpc) is 2.84. The lowest BCUT2D eigenvalue weighted by atomic mass is 9.96. The molecule has 1 aromatic rings. The van der Waals surface area contributed by atoms with Gasteiger partial charge in [0.25, 0.3) is 0 Å². The van der Waals surface area contributed by atoms with Crippen LogP contribution >= 0.6 is 23.4 Å². The lowest BCUT2D eigenvalue weighted by Gasteiger charge is -2.27. The zero-order chi connectivity index (χ0) is 14.1. The number of carbonyl (C=O) groups excluding carboxylic acids is 1. The Morgan fingerprint density at radius 3 is 2.85 bits per heavy atom. The van der Waals surface area contributed by atoms with Crippen molar-refractivity contribution in [2.24, 2.45) is 5.92 Å². The summed E-state index contributed by atoms with van der Waals surface area (Å²) in [6, 6.07) is 0. The molecule has 1 saturated heterocycles. The number of halogens is 1. The number of nitrogens with zero attached hydrogens (tertiary/aromatic N) is 2. The number of ether oxygens (including phenoxy) is 1. The predicted molar refractivity (Wildman–Crippen MR) is 80.4 cm³/mol. The molecule has 0 radical (unpaired) electrons. The number of rotatable bonds is 2. The molecule has 3 rings (SSSR count). The first kappa shape index (κ1) is 14.3. The first-order chi connectivity index (χ1) is 9.70. The van der Waals surface area contributed by atoms with E-state index in [1.807, 2.05) is 11.8 Å². The molecule has 6 heteroatoms. The van der Waals surface area contributed by atoms with Crippen LogP contribution in [0.2, 0.25) is 5.15 Å². The van der Waals surface area contributed by atoms with Crippen molar-refractivity contribution in [1.82, 2.24) is 9.55 Å². The van der Waals surface area contributed by atoms with Crippen LogP contribution in [0.25, 0.3) is 0 Å². The van der Waals surface area contributed by atoms with E-state index in [1.165, 1.54) is 18.6 Å². The van der Waals surface area contributed by atoms with Crippen LogP contribution < -0.4 is 0 Å². The summed E-state index contributed by atoms with van der Waals surface area (Å²) >= 11 is 8.29. The minimum Gasteiger partial charge on any atom is -0.469 e. The molecule has 110 valence electrons. The summed E-state index contributed by atoms with van der Waals surface area (Å²) in [7, 11) is 1.46. The van der Waals surface area contributed by atoms with Gasteiger partial charge < -0.3 is 9.30 Å². The van der Waals surface area contributed by atoms with Crippen molar-refractivity contribution >= 4 is 29.3 Å². The van der Waals surface area contributed by atoms with Crippen LogP contribution in [0.15, 0.2) is 0 Å². The summed E-state index contributed by atoms with van der Waals surface area (Å²) < 4.78 is 7.08. The van der Waals surface area contributed by atoms with Gasteiger partial charge in [-0.2, -0.15) is 11.8 Å². The number of esters is 1. The number of fused-ring (bicyclic) bond motifs is 1. The fourth-order valence-corrected chi connectivity index (χ4v) is 4.56. The van der Waals surface area contributed by atoms with Crippen LogP contribution in [-0.4, -0.2) is 34.1 Å². The van der Waals surface area contributed by atoms with E-state index >= 15 is 0 Å². The topological polar surface area (TPSA) is 44.1 Å². The minimum atomic E-state index is -0.120. The Morgan fingerprint density at radius 1 is 1.40 bits per heavy atom. The molecule has 2 aliphatic heterocycles.